The highest BCUT2D eigenvalue weighted by Crippen LogP contribution is 2.26. The molecule has 5 nitrogen and oxygen atoms in total. The van der Waals surface area contributed by atoms with Crippen LogP contribution in [0.5, 0.6) is 0 Å². The lowest BCUT2D eigenvalue weighted by Gasteiger charge is -2.23. The third-order valence-corrected chi connectivity index (χ3v) is 4.02. The van der Waals surface area contributed by atoms with Gasteiger partial charge in [-0.05, 0) is 29.7 Å². The van der Waals surface area contributed by atoms with Crippen LogP contribution in [0.4, 0.5) is 4.79 Å². The summed E-state index contributed by atoms with van der Waals surface area (Å²) in [4.78, 5) is 23.8. The smallest absolute Gasteiger partial charge is 0.407 e. The van der Waals surface area contributed by atoms with Crippen molar-refractivity contribution in [3.8, 4) is 0 Å². The molecule has 0 bridgehead atoms. The Bertz CT molecular complexity index is 712. The van der Waals surface area contributed by atoms with Gasteiger partial charge < -0.3 is 14.8 Å². The van der Waals surface area contributed by atoms with Crippen molar-refractivity contribution >= 4 is 12.1 Å². The van der Waals surface area contributed by atoms with Crippen LogP contribution in [0.25, 0.3) is 0 Å². The van der Waals surface area contributed by atoms with E-state index in [9.17, 15) is 9.59 Å². The van der Waals surface area contributed by atoms with E-state index in [-0.39, 0.29) is 6.61 Å². The lowest BCUT2D eigenvalue weighted by atomic mass is 10.0. The molecule has 1 N–H and O–H groups in total. The first-order valence-corrected chi connectivity index (χ1v) is 7.95. The number of alkyl carbamates (subject to hydrolysis) is 1. The quantitative estimate of drug-likeness (QED) is 0.857. The number of carbonyl (C=O) groups excluding carboxylic acids is 2. The van der Waals surface area contributed by atoms with Crippen LogP contribution in [0.15, 0.2) is 54.6 Å². The Morgan fingerprint density at radius 3 is 2.50 bits per heavy atom. The van der Waals surface area contributed by atoms with Crippen LogP contribution in [0.1, 0.15) is 34.5 Å². The van der Waals surface area contributed by atoms with E-state index in [1.54, 1.807) is 24.3 Å². The fraction of sp³-hybridized carbons (Fsp3) is 0.263. The summed E-state index contributed by atoms with van der Waals surface area (Å²) >= 11 is 0. The Balaban J connectivity index is 1.84. The van der Waals surface area contributed by atoms with Crippen molar-refractivity contribution in [2.45, 2.75) is 25.5 Å². The second-order valence-electron chi connectivity index (χ2n) is 5.64. The standard InChI is InChI=1S/C19H19NO4/c1-2-13-8-10-14(11-9-13)17(16-12-23-19(22)20-16)24-18(21)15-6-4-3-5-7-15/h3-11,16-17H,2,12H2,1H3,(H,20,22)/t16-,17-/m0/s1. The molecule has 1 fully saturated rings. The van der Waals surface area contributed by atoms with Crippen molar-refractivity contribution in [1.29, 1.82) is 0 Å². The number of cyclic esters (lactones) is 1. The molecule has 24 heavy (non-hydrogen) atoms. The SMILES string of the molecule is CCc1ccc([C@H](OC(=O)c2ccccc2)[C@@H]2COC(=O)N2)cc1. The number of aryl methyl sites for hydroxylation is 1. The maximum atomic E-state index is 12.4. The molecule has 124 valence electrons. The third kappa shape index (κ3) is 3.56. The van der Waals surface area contributed by atoms with E-state index in [2.05, 4.69) is 12.2 Å². The van der Waals surface area contributed by atoms with Gasteiger partial charge >= 0.3 is 12.1 Å². The van der Waals surface area contributed by atoms with Crippen LogP contribution in [0.2, 0.25) is 0 Å². The lowest BCUT2D eigenvalue weighted by Crippen LogP contribution is -2.35. The molecule has 1 aliphatic heterocycles. The molecule has 1 saturated heterocycles. The van der Waals surface area contributed by atoms with E-state index >= 15 is 0 Å². The second-order valence-corrected chi connectivity index (χ2v) is 5.64. The molecule has 2 aromatic carbocycles. The fourth-order valence-corrected chi connectivity index (χ4v) is 2.65. The van der Waals surface area contributed by atoms with Gasteiger partial charge in [-0.1, -0.05) is 49.4 Å². The molecule has 0 radical (unpaired) electrons. The number of esters is 1. The Morgan fingerprint density at radius 1 is 1.21 bits per heavy atom. The first kappa shape index (κ1) is 16.1. The maximum absolute atomic E-state index is 12.4. The van der Waals surface area contributed by atoms with E-state index in [4.69, 9.17) is 9.47 Å². The van der Waals surface area contributed by atoms with E-state index in [0.717, 1.165) is 12.0 Å². The number of hydrogen-bond acceptors (Lipinski definition) is 4. The summed E-state index contributed by atoms with van der Waals surface area (Å²) in [6, 6.07) is 16.2. The molecule has 1 amide bonds. The number of carbonyl (C=O) groups is 2. The molecule has 0 aromatic heterocycles. The first-order valence-electron chi connectivity index (χ1n) is 7.95. The van der Waals surface area contributed by atoms with Crippen LogP contribution < -0.4 is 5.32 Å². The molecule has 0 aliphatic carbocycles. The molecule has 1 aliphatic rings. The Morgan fingerprint density at radius 2 is 1.92 bits per heavy atom. The Kier molecular flexibility index (Phi) is 4.79. The second kappa shape index (κ2) is 7.17. The van der Waals surface area contributed by atoms with Crippen LogP contribution in [-0.2, 0) is 15.9 Å². The summed E-state index contributed by atoms with van der Waals surface area (Å²) < 4.78 is 10.7. The highest BCUT2D eigenvalue weighted by atomic mass is 16.6. The Hall–Kier alpha value is -2.82. The van der Waals surface area contributed by atoms with Gasteiger partial charge in [0.15, 0.2) is 6.10 Å². The molecular formula is C19H19NO4. The number of amides is 1. The average Bonchev–Trinajstić information content (AvgIpc) is 3.06. The summed E-state index contributed by atoms with van der Waals surface area (Å²) in [6.45, 7) is 2.24. The zero-order valence-electron chi connectivity index (χ0n) is 13.4. The van der Waals surface area contributed by atoms with Crippen molar-refractivity contribution in [1.82, 2.24) is 5.32 Å². The molecule has 2 atom stereocenters. The maximum Gasteiger partial charge on any atom is 0.407 e. The van der Waals surface area contributed by atoms with Gasteiger partial charge in [0.1, 0.15) is 12.6 Å². The predicted octanol–water partition coefficient (Wildman–Crippen LogP) is 3.26. The van der Waals surface area contributed by atoms with E-state index in [1.807, 2.05) is 30.3 Å². The summed E-state index contributed by atoms with van der Waals surface area (Å²) in [6.07, 6.45) is -0.168. The van der Waals surface area contributed by atoms with Crippen molar-refractivity contribution in [3.63, 3.8) is 0 Å². The van der Waals surface area contributed by atoms with Gasteiger partial charge in [-0.2, -0.15) is 0 Å². The highest BCUT2D eigenvalue weighted by molar-refractivity contribution is 5.89. The van der Waals surface area contributed by atoms with Gasteiger partial charge in [0.2, 0.25) is 0 Å². The molecule has 5 heteroatoms. The minimum Gasteiger partial charge on any atom is -0.452 e. The molecule has 1 heterocycles. The van der Waals surface area contributed by atoms with Crippen LogP contribution in [0.3, 0.4) is 0 Å². The average molecular weight is 325 g/mol. The van der Waals surface area contributed by atoms with E-state index < -0.39 is 24.2 Å². The van der Waals surface area contributed by atoms with Gasteiger partial charge in [-0.3, -0.25) is 0 Å². The minimum atomic E-state index is -0.602. The molecule has 2 aromatic rings. The fourth-order valence-electron chi connectivity index (χ4n) is 2.65. The minimum absolute atomic E-state index is 0.168. The van der Waals surface area contributed by atoms with Gasteiger partial charge in [-0.15, -0.1) is 0 Å². The molecule has 0 saturated carbocycles. The molecule has 0 spiro atoms. The third-order valence-electron chi connectivity index (χ3n) is 4.02. The largest absolute Gasteiger partial charge is 0.452 e. The van der Waals surface area contributed by atoms with Crippen LogP contribution in [0, 0.1) is 0 Å². The van der Waals surface area contributed by atoms with Crippen molar-refractivity contribution in [2.24, 2.45) is 0 Å². The number of nitrogens with one attached hydrogen (secondary N) is 1. The van der Waals surface area contributed by atoms with Gasteiger partial charge in [0, 0.05) is 0 Å². The topological polar surface area (TPSA) is 64.6 Å². The highest BCUT2D eigenvalue weighted by Gasteiger charge is 2.34. The Labute approximate surface area is 140 Å². The van der Waals surface area contributed by atoms with Gasteiger partial charge in [0.25, 0.3) is 0 Å². The first-order chi connectivity index (χ1) is 11.7. The van der Waals surface area contributed by atoms with Crippen molar-refractivity contribution < 1.29 is 19.1 Å². The monoisotopic (exact) mass is 325 g/mol. The summed E-state index contributed by atoms with van der Waals surface area (Å²) in [7, 11) is 0. The number of hydrogen-bond donors (Lipinski definition) is 1. The van der Waals surface area contributed by atoms with E-state index in [0.29, 0.717) is 5.56 Å². The molecular weight excluding hydrogens is 306 g/mol. The summed E-state index contributed by atoms with van der Waals surface area (Å²) in [5, 5.41) is 2.70. The number of ether oxygens (including phenoxy) is 2. The zero-order chi connectivity index (χ0) is 16.9. The number of benzene rings is 2. The lowest BCUT2D eigenvalue weighted by molar-refractivity contribution is 0.0203. The predicted molar refractivity (Wildman–Crippen MR) is 88.7 cm³/mol. The molecule has 3 rings (SSSR count). The van der Waals surface area contributed by atoms with Gasteiger partial charge in [0.05, 0.1) is 5.56 Å². The van der Waals surface area contributed by atoms with Crippen LogP contribution >= 0.6 is 0 Å². The van der Waals surface area contributed by atoms with Gasteiger partial charge in [-0.25, -0.2) is 9.59 Å². The van der Waals surface area contributed by atoms with Crippen LogP contribution in [-0.4, -0.2) is 24.7 Å². The van der Waals surface area contributed by atoms with Crippen molar-refractivity contribution in [2.75, 3.05) is 6.61 Å². The van der Waals surface area contributed by atoms with E-state index in [1.165, 1.54) is 5.56 Å². The normalized spacial score (nSPS) is 17.7. The van der Waals surface area contributed by atoms with Crippen molar-refractivity contribution in [3.05, 3.63) is 71.3 Å². The molecule has 0 unspecified atom stereocenters. The summed E-state index contributed by atoms with van der Waals surface area (Å²) in [5.41, 5.74) is 2.49. The zero-order valence-corrected chi connectivity index (χ0v) is 13.4. The summed E-state index contributed by atoms with van der Waals surface area (Å²) in [5.74, 6) is -0.429. The number of rotatable bonds is 5.